The molecule has 2 aliphatic carbocycles. The van der Waals surface area contributed by atoms with Gasteiger partial charge < -0.3 is 4.74 Å². The first kappa shape index (κ1) is 25.0. The third-order valence-corrected chi connectivity index (χ3v) is 8.63. The minimum atomic E-state index is -0.669. The lowest BCUT2D eigenvalue weighted by molar-refractivity contribution is 0.113. The average molecular weight is 489 g/mol. The molecule has 5 rings (SSSR count). The first-order chi connectivity index (χ1) is 17.6. The second-order valence-corrected chi connectivity index (χ2v) is 11.0. The van der Waals surface area contributed by atoms with Gasteiger partial charge in [0, 0.05) is 0 Å². The predicted molar refractivity (Wildman–Crippen MR) is 143 cm³/mol. The van der Waals surface area contributed by atoms with Gasteiger partial charge >= 0.3 is 0 Å². The molecule has 36 heavy (non-hydrogen) atoms. The molecule has 2 fully saturated rings. The van der Waals surface area contributed by atoms with Crippen molar-refractivity contribution < 1.29 is 13.5 Å². The second kappa shape index (κ2) is 11.6. The van der Waals surface area contributed by atoms with Gasteiger partial charge in [0.15, 0.2) is 17.4 Å². The Balaban J connectivity index is 1.21. The molecule has 1 nitrogen and oxygen atoms in total. The number of halogens is 2. The normalized spacial score (nSPS) is 23.8. The Bertz CT molecular complexity index is 1100. The topological polar surface area (TPSA) is 9.23 Å². The predicted octanol–water partition coefficient (Wildman–Crippen LogP) is 9.70. The maximum Gasteiger partial charge on any atom is 0.191 e. The van der Waals surface area contributed by atoms with E-state index in [1.165, 1.54) is 75.5 Å². The Labute approximate surface area is 214 Å². The van der Waals surface area contributed by atoms with Crippen molar-refractivity contribution >= 4 is 0 Å². The summed E-state index contributed by atoms with van der Waals surface area (Å²) in [6.45, 7) is 2.43. The average Bonchev–Trinajstić information content (AvgIpc) is 2.91. The smallest absolute Gasteiger partial charge is 0.191 e. The van der Waals surface area contributed by atoms with E-state index in [9.17, 15) is 8.78 Å². The highest BCUT2D eigenvalue weighted by molar-refractivity contribution is 5.65. The monoisotopic (exact) mass is 488 g/mol. The van der Waals surface area contributed by atoms with Crippen molar-refractivity contribution in [2.45, 2.75) is 77.2 Å². The number of benzene rings is 3. The van der Waals surface area contributed by atoms with Gasteiger partial charge in [-0.3, -0.25) is 0 Å². The van der Waals surface area contributed by atoms with E-state index >= 15 is 0 Å². The number of fused-ring (bicyclic) bond motifs is 1. The molecule has 190 valence electrons. The van der Waals surface area contributed by atoms with Crippen molar-refractivity contribution in [1.29, 1.82) is 0 Å². The fraction of sp³-hybridized carbons (Fsp3) is 0.455. The molecule has 3 heteroatoms. The molecule has 2 aliphatic rings. The number of unbranched alkanes of at least 4 members (excludes halogenated alkanes) is 1. The third kappa shape index (κ3) is 5.82. The molecule has 0 radical (unpaired) electrons. The molecule has 2 saturated carbocycles. The zero-order valence-corrected chi connectivity index (χ0v) is 21.4. The van der Waals surface area contributed by atoms with E-state index in [0.717, 1.165) is 28.9 Å². The lowest BCUT2D eigenvalue weighted by atomic mass is 9.63. The van der Waals surface area contributed by atoms with Gasteiger partial charge in [-0.25, -0.2) is 8.78 Å². The first-order valence-corrected chi connectivity index (χ1v) is 13.9. The molecular formula is C33H38F2O. The van der Waals surface area contributed by atoms with Gasteiger partial charge in [0.2, 0.25) is 0 Å². The van der Waals surface area contributed by atoms with Gasteiger partial charge in [-0.05, 0) is 90.2 Å². The fourth-order valence-corrected chi connectivity index (χ4v) is 6.59. The minimum absolute atomic E-state index is 0.130. The van der Waals surface area contributed by atoms with Crippen LogP contribution in [-0.4, -0.2) is 0 Å². The largest absolute Gasteiger partial charge is 0.483 e. The molecule has 0 amide bonds. The van der Waals surface area contributed by atoms with Crippen molar-refractivity contribution in [3.63, 3.8) is 0 Å². The molecule has 3 aromatic rings. The van der Waals surface area contributed by atoms with Crippen LogP contribution in [0.25, 0.3) is 11.1 Å². The Morgan fingerprint density at radius 3 is 2.19 bits per heavy atom. The number of hydrogen-bond donors (Lipinski definition) is 0. The van der Waals surface area contributed by atoms with Crippen molar-refractivity contribution in [2.24, 2.45) is 17.8 Å². The van der Waals surface area contributed by atoms with Gasteiger partial charge in [0.1, 0.15) is 6.61 Å². The Morgan fingerprint density at radius 1 is 0.778 bits per heavy atom. The van der Waals surface area contributed by atoms with Gasteiger partial charge in [-0.1, -0.05) is 87.2 Å². The Morgan fingerprint density at radius 2 is 1.47 bits per heavy atom. The Hall–Kier alpha value is -2.68. The van der Waals surface area contributed by atoms with Crippen LogP contribution in [-0.2, 0) is 6.61 Å². The molecular weight excluding hydrogens is 450 g/mol. The highest BCUT2D eigenvalue weighted by Crippen LogP contribution is 2.48. The quantitative estimate of drug-likeness (QED) is 0.307. The third-order valence-electron chi connectivity index (χ3n) is 8.63. The standard InChI is InChI=1S/C33H38F2O/c1-2-3-7-23-10-11-29-19-28(17-16-27(29)18-23)25-12-14-26(15-13-25)30-20-31(34)33(32(35)21-30)36-22-24-8-5-4-6-9-24/h4-6,8-9,12-15,20-21,23,27-29H,2-3,7,10-11,16-19,22H2,1H3/t23?,27-,28-,29-/m1/s1. The summed E-state index contributed by atoms with van der Waals surface area (Å²) in [6.07, 6.45) is 12.3. The summed E-state index contributed by atoms with van der Waals surface area (Å²) in [6, 6.07) is 20.5. The molecule has 0 spiro atoms. The summed E-state index contributed by atoms with van der Waals surface area (Å²) in [5.74, 6) is 1.70. The van der Waals surface area contributed by atoms with Crippen LogP contribution in [0.3, 0.4) is 0 Å². The summed E-state index contributed by atoms with van der Waals surface area (Å²) in [5, 5.41) is 0. The van der Waals surface area contributed by atoms with Crippen LogP contribution in [0.2, 0.25) is 0 Å². The summed E-state index contributed by atoms with van der Waals surface area (Å²) in [7, 11) is 0. The Kier molecular flexibility index (Phi) is 8.04. The molecule has 0 aromatic heterocycles. The lowest BCUT2D eigenvalue weighted by Gasteiger charge is -2.42. The van der Waals surface area contributed by atoms with E-state index in [0.29, 0.717) is 11.5 Å². The molecule has 0 N–H and O–H groups in total. The van der Waals surface area contributed by atoms with Gasteiger partial charge in [0.25, 0.3) is 0 Å². The molecule has 0 bridgehead atoms. The van der Waals surface area contributed by atoms with Crippen LogP contribution in [0, 0.1) is 29.4 Å². The van der Waals surface area contributed by atoms with Crippen molar-refractivity contribution in [1.82, 2.24) is 0 Å². The summed E-state index contributed by atoms with van der Waals surface area (Å²) < 4.78 is 35.0. The molecule has 3 aromatic carbocycles. The van der Waals surface area contributed by atoms with Crippen molar-refractivity contribution in [3.8, 4) is 16.9 Å². The molecule has 4 atom stereocenters. The number of rotatable bonds is 8. The molecule has 0 heterocycles. The van der Waals surface area contributed by atoms with Crippen LogP contribution >= 0.6 is 0 Å². The number of hydrogen-bond acceptors (Lipinski definition) is 1. The van der Waals surface area contributed by atoms with E-state index in [-0.39, 0.29) is 12.4 Å². The van der Waals surface area contributed by atoms with E-state index in [1.54, 1.807) is 0 Å². The highest BCUT2D eigenvalue weighted by Gasteiger charge is 2.35. The van der Waals surface area contributed by atoms with Crippen LogP contribution < -0.4 is 4.74 Å². The van der Waals surface area contributed by atoms with Crippen LogP contribution in [0.5, 0.6) is 5.75 Å². The van der Waals surface area contributed by atoms with Crippen molar-refractivity contribution in [3.05, 3.63) is 89.5 Å². The summed E-state index contributed by atoms with van der Waals surface area (Å²) in [4.78, 5) is 0. The second-order valence-electron chi connectivity index (χ2n) is 11.0. The van der Waals surface area contributed by atoms with E-state index in [1.807, 2.05) is 42.5 Å². The van der Waals surface area contributed by atoms with Crippen LogP contribution in [0.1, 0.15) is 81.8 Å². The summed E-state index contributed by atoms with van der Waals surface area (Å²) >= 11 is 0. The minimum Gasteiger partial charge on any atom is -0.483 e. The molecule has 1 unspecified atom stereocenters. The SMILES string of the molecule is CCCCC1CC[C@@H]2C[C@H](c3ccc(-c4cc(F)c(OCc5ccccc5)c(F)c4)cc3)CC[C@@H]2C1. The first-order valence-electron chi connectivity index (χ1n) is 13.9. The maximum atomic E-state index is 14.8. The van der Waals surface area contributed by atoms with Crippen LogP contribution in [0.15, 0.2) is 66.7 Å². The molecule has 0 saturated heterocycles. The number of ether oxygens (including phenoxy) is 1. The fourth-order valence-electron chi connectivity index (χ4n) is 6.59. The van der Waals surface area contributed by atoms with Crippen LogP contribution in [0.4, 0.5) is 8.78 Å². The van der Waals surface area contributed by atoms with E-state index in [2.05, 4.69) is 19.1 Å². The van der Waals surface area contributed by atoms with E-state index in [4.69, 9.17) is 4.74 Å². The maximum absolute atomic E-state index is 14.8. The zero-order chi connectivity index (χ0) is 24.9. The van der Waals surface area contributed by atoms with Gasteiger partial charge in [-0.2, -0.15) is 0 Å². The highest BCUT2D eigenvalue weighted by atomic mass is 19.1. The van der Waals surface area contributed by atoms with Gasteiger partial charge in [0.05, 0.1) is 0 Å². The van der Waals surface area contributed by atoms with Crippen molar-refractivity contribution in [2.75, 3.05) is 0 Å². The summed E-state index contributed by atoms with van der Waals surface area (Å²) in [5.41, 5.74) is 3.61. The van der Waals surface area contributed by atoms with E-state index < -0.39 is 11.6 Å². The zero-order valence-electron chi connectivity index (χ0n) is 21.4. The van der Waals surface area contributed by atoms with Gasteiger partial charge in [-0.15, -0.1) is 0 Å². The lowest BCUT2D eigenvalue weighted by Crippen LogP contribution is -2.30. The molecule has 0 aliphatic heterocycles.